The van der Waals surface area contributed by atoms with E-state index in [1.807, 2.05) is 39.8 Å². The predicted molar refractivity (Wildman–Crippen MR) is 104 cm³/mol. The van der Waals surface area contributed by atoms with E-state index in [0.29, 0.717) is 6.61 Å². The maximum absolute atomic E-state index is 12.1. The van der Waals surface area contributed by atoms with Gasteiger partial charge in [0.1, 0.15) is 5.75 Å². The molecule has 0 saturated carbocycles. The molecule has 1 saturated heterocycles. The van der Waals surface area contributed by atoms with E-state index in [9.17, 15) is 4.79 Å². The smallest absolute Gasteiger partial charge is 0.225 e. The first-order valence-corrected chi connectivity index (χ1v) is 9.78. The number of aromatic nitrogens is 1. The molecule has 1 aromatic carbocycles. The molecule has 1 aliphatic rings. The molecular formula is C19H27N3O2S. The van der Waals surface area contributed by atoms with Crippen LogP contribution in [-0.2, 0) is 4.79 Å². The van der Waals surface area contributed by atoms with Crippen LogP contribution in [0.2, 0.25) is 0 Å². The number of nitrogens with one attached hydrogen (secondary N) is 1. The Bertz CT molecular complexity index is 743. The van der Waals surface area contributed by atoms with Gasteiger partial charge in [-0.3, -0.25) is 4.79 Å². The first-order chi connectivity index (χ1) is 11.9. The molecule has 1 N–H and O–H groups in total. The van der Waals surface area contributed by atoms with Crippen LogP contribution in [0.4, 0.5) is 5.13 Å². The third kappa shape index (κ3) is 4.24. The maximum atomic E-state index is 12.1. The maximum Gasteiger partial charge on any atom is 0.225 e. The largest absolute Gasteiger partial charge is 0.494 e. The number of benzene rings is 1. The first-order valence-electron chi connectivity index (χ1n) is 8.96. The topological polar surface area (TPSA) is 54.5 Å². The highest BCUT2D eigenvalue weighted by Crippen LogP contribution is 2.32. The lowest BCUT2D eigenvalue weighted by Crippen LogP contribution is -2.47. The van der Waals surface area contributed by atoms with Gasteiger partial charge >= 0.3 is 0 Å². The molecule has 1 fully saturated rings. The van der Waals surface area contributed by atoms with Gasteiger partial charge in [0.2, 0.25) is 5.91 Å². The van der Waals surface area contributed by atoms with Crippen LogP contribution >= 0.6 is 11.3 Å². The van der Waals surface area contributed by atoms with Gasteiger partial charge in [-0.1, -0.05) is 32.1 Å². The number of rotatable bonds is 4. The molecule has 1 aliphatic heterocycles. The lowest BCUT2D eigenvalue weighted by molar-refractivity contribution is -0.129. The summed E-state index contributed by atoms with van der Waals surface area (Å²) in [5, 5.41) is 4.24. The lowest BCUT2D eigenvalue weighted by atomic mass is 9.94. The van der Waals surface area contributed by atoms with Crippen LogP contribution in [0.5, 0.6) is 5.75 Å². The van der Waals surface area contributed by atoms with Crippen molar-refractivity contribution in [3.05, 3.63) is 18.2 Å². The summed E-state index contributed by atoms with van der Waals surface area (Å²) in [6, 6.07) is 6.33. The number of carbonyl (C=O) groups excluding carboxylic acids is 1. The summed E-state index contributed by atoms with van der Waals surface area (Å²) < 4.78 is 6.73. The van der Waals surface area contributed by atoms with Gasteiger partial charge in [0, 0.05) is 24.5 Å². The Balaban J connectivity index is 1.63. The van der Waals surface area contributed by atoms with E-state index in [0.717, 1.165) is 47.0 Å². The molecule has 136 valence electrons. The van der Waals surface area contributed by atoms with Crippen molar-refractivity contribution in [2.45, 2.75) is 46.6 Å². The van der Waals surface area contributed by atoms with Crippen molar-refractivity contribution in [1.82, 2.24) is 10.3 Å². The van der Waals surface area contributed by atoms with Gasteiger partial charge in [0.05, 0.1) is 16.8 Å². The van der Waals surface area contributed by atoms with E-state index >= 15 is 0 Å². The summed E-state index contributed by atoms with van der Waals surface area (Å²) in [6.45, 7) is 10.4. The number of amides is 1. The minimum absolute atomic E-state index is 0.134. The number of piperidine rings is 1. The molecule has 5 nitrogen and oxygen atoms in total. The van der Waals surface area contributed by atoms with Gasteiger partial charge in [-0.05, 0) is 38.0 Å². The molecule has 0 spiro atoms. The van der Waals surface area contributed by atoms with Crippen molar-refractivity contribution in [2.24, 2.45) is 5.41 Å². The van der Waals surface area contributed by atoms with Crippen LogP contribution in [0.25, 0.3) is 10.2 Å². The first kappa shape index (κ1) is 18.0. The quantitative estimate of drug-likeness (QED) is 0.899. The number of hydrogen-bond donors (Lipinski definition) is 1. The van der Waals surface area contributed by atoms with Gasteiger partial charge < -0.3 is 15.0 Å². The average Bonchev–Trinajstić information content (AvgIpc) is 2.98. The summed E-state index contributed by atoms with van der Waals surface area (Å²) in [5.41, 5.74) is 0.689. The third-order valence-corrected chi connectivity index (χ3v) is 5.52. The van der Waals surface area contributed by atoms with Crippen LogP contribution < -0.4 is 15.0 Å². The van der Waals surface area contributed by atoms with Gasteiger partial charge in [0.15, 0.2) is 5.13 Å². The number of ether oxygens (including phenoxy) is 1. The van der Waals surface area contributed by atoms with E-state index in [4.69, 9.17) is 9.72 Å². The molecule has 0 radical (unpaired) electrons. The molecule has 2 heterocycles. The molecule has 1 aromatic heterocycles. The van der Waals surface area contributed by atoms with Crippen molar-refractivity contribution in [3.8, 4) is 5.75 Å². The Hall–Kier alpha value is -1.82. The van der Waals surface area contributed by atoms with E-state index in [2.05, 4.69) is 16.3 Å². The Morgan fingerprint density at radius 3 is 2.72 bits per heavy atom. The Morgan fingerprint density at radius 2 is 2.08 bits per heavy atom. The Kier molecular flexibility index (Phi) is 5.18. The fourth-order valence-electron chi connectivity index (χ4n) is 2.90. The third-order valence-electron chi connectivity index (χ3n) is 4.44. The number of thiazole rings is 1. The van der Waals surface area contributed by atoms with Crippen LogP contribution in [0, 0.1) is 5.41 Å². The average molecular weight is 362 g/mol. The highest BCUT2D eigenvalue weighted by Gasteiger charge is 2.27. The van der Waals surface area contributed by atoms with Crippen molar-refractivity contribution in [1.29, 1.82) is 0 Å². The fourth-order valence-corrected chi connectivity index (χ4v) is 3.95. The zero-order valence-corrected chi connectivity index (χ0v) is 16.3. The van der Waals surface area contributed by atoms with Crippen LogP contribution in [0.1, 0.15) is 40.5 Å². The number of anilines is 1. The second kappa shape index (κ2) is 7.20. The summed E-state index contributed by atoms with van der Waals surface area (Å²) in [5.74, 6) is 1.03. The van der Waals surface area contributed by atoms with Crippen molar-refractivity contribution in [3.63, 3.8) is 0 Å². The lowest BCUT2D eigenvalue weighted by Gasteiger charge is -2.33. The second-order valence-electron chi connectivity index (χ2n) is 7.54. The zero-order valence-electron chi connectivity index (χ0n) is 15.5. The van der Waals surface area contributed by atoms with E-state index < -0.39 is 0 Å². The second-order valence-corrected chi connectivity index (χ2v) is 8.55. The standard InChI is InChI=1S/C19H27N3O2S/c1-5-24-14-6-7-15-16(12-14)25-18(21-15)22-10-8-13(9-11-22)20-17(23)19(2,3)4/h6-7,12-13H,5,8-11H2,1-4H3,(H,20,23). The van der Waals surface area contributed by atoms with Crippen LogP contribution in [-0.4, -0.2) is 36.6 Å². The minimum Gasteiger partial charge on any atom is -0.494 e. The van der Waals surface area contributed by atoms with E-state index in [1.54, 1.807) is 11.3 Å². The van der Waals surface area contributed by atoms with Crippen molar-refractivity contribution >= 4 is 32.6 Å². The van der Waals surface area contributed by atoms with Crippen LogP contribution in [0.3, 0.4) is 0 Å². The SMILES string of the molecule is CCOc1ccc2nc(N3CCC(NC(=O)C(C)(C)C)CC3)sc2c1. The van der Waals surface area contributed by atoms with Crippen LogP contribution in [0.15, 0.2) is 18.2 Å². The molecule has 0 atom stereocenters. The van der Waals surface area contributed by atoms with Crippen molar-refractivity contribution < 1.29 is 9.53 Å². The van der Waals surface area contributed by atoms with E-state index in [1.165, 1.54) is 0 Å². The fraction of sp³-hybridized carbons (Fsp3) is 0.579. The normalized spacial score (nSPS) is 16.2. The van der Waals surface area contributed by atoms with Gasteiger partial charge in [0.25, 0.3) is 0 Å². The van der Waals surface area contributed by atoms with E-state index in [-0.39, 0.29) is 17.4 Å². The number of carbonyl (C=O) groups is 1. The predicted octanol–water partition coefficient (Wildman–Crippen LogP) is 3.83. The highest BCUT2D eigenvalue weighted by atomic mass is 32.1. The Labute approximate surface area is 153 Å². The molecule has 25 heavy (non-hydrogen) atoms. The molecule has 1 amide bonds. The molecular weight excluding hydrogens is 334 g/mol. The molecule has 0 aliphatic carbocycles. The number of hydrogen-bond acceptors (Lipinski definition) is 5. The summed E-state index contributed by atoms with van der Waals surface area (Å²) >= 11 is 1.71. The van der Waals surface area contributed by atoms with Gasteiger partial charge in [-0.2, -0.15) is 0 Å². The molecule has 6 heteroatoms. The molecule has 2 aromatic rings. The molecule has 0 bridgehead atoms. The summed E-state index contributed by atoms with van der Waals surface area (Å²) in [6.07, 6.45) is 1.92. The van der Waals surface area contributed by atoms with Crippen molar-refractivity contribution in [2.75, 3.05) is 24.6 Å². The summed E-state index contributed by atoms with van der Waals surface area (Å²) in [4.78, 5) is 19.2. The molecule has 3 rings (SSSR count). The van der Waals surface area contributed by atoms with Gasteiger partial charge in [-0.15, -0.1) is 0 Å². The summed E-state index contributed by atoms with van der Waals surface area (Å²) in [7, 11) is 0. The zero-order chi connectivity index (χ0) is 18.0. The monoisotopic (exact) mass is 361 g/mol. The minimum atomic E-state index is -0.331. The number of nitrogens with zero attached hydrogens (tertiary/aromatic N) is 2. The Morgan fingerprint density at radius 1 is 1.36 bits per heavy atom. The number of fused-ring (bicyclic) bond motifs is 1. The highest BCUT2D eigenvalue weighted by molar-refractivity contribution is 7.22. The molecule has 0 unspecified atom stereocenters. The van der Waals surface area contributed by atoms with Gasteiger partial charge in [-0.25, -0.2) is 4.98 Å².